The number of urea groups is 1. The zero-order valence-corrected chi connectivity index (χ0v) is 15.6. The lowest BCUT2D eigenvalue weighted by atomic mass is 10.1. The van der Waals surface area contributed by atoms with E-state index in [0.29, 0.717) is 31.2 Å². The van der Waals surface area contributed by atoms with Gasteiger partial charge in [0.15, 0.2) is 5.96 Å². The number of hydrogen-bond donors (Lipinski definition) is 3. The maximum atomic E-state index is 12.7. The van der Waals surface area contributed by atoms with Gasteiger partial charge in [-0.1, -0.05) is 17.9 Å². The Hall–Kier alpha value is -2.89. The SMILES string of the molecule is CCNC(=NCC#Cc1cccc(C(F)(F)F)c1)NC1CCN(C(N)=O)CC1. The number of alkyl halides is 3. The first-order valence-electron chi connectivity index (χ1n) is 9.05. The van der Waals surface area contributed by atoms with Crippen LogP contribution in [0.5, 0.6) is 0 Å². The first kappa shape index (κ1) is 21.4. The number of nitrogens with one attached hydrogen (secondary N) is 2. The Morgan fingerprint density at radius 1 is 1.36 bits per heavy atom. The van der Waals surface area contributed by atoms with Crippen LogP contribution in [0, 0.1) is 11.8 Å². The lowest BCUT2D eigenvalue weighted by Crippen LogP contribution is -2.50. The molecule has 6 nitrogen and oxygen atoms in total. The van der Waals surface area contributed by atoms with Crippen molar-refractivity contribution in [1.29, 1.82) is 0 Å². The number of carbonyl (C=O) groups excluding carboxylic acids is 1. The summed E-state index contributed by atoms with van der Waals surface area (Å²) in [6, 6.07) is 4.64. The molecule has 1 aliphatic heterocycles. The Morgan fingerprint density at radius 3 is 2.68 bits per heavy atom. The molecule has 2 amide bonds. The van der Waals surface area contributed by atoms with Crippen LogP contribution in [0.25, 0.3) is 0 Å². The number of nitrogens with zero attached hydrogens (tertiary/aromatic N) is 2. The van der Waals surface area contributed by atoms with E-state index in [-0.39, 0.29) is 12.6 Å². The quantitative estimate of drug-likeness (QED) is 0.417. The first-order chi connectivity index (χ1) is 13.3. The van der Waals surface area contributed by atoms with Gasteiger partial charge in [0.25, 0.3) is 0 Å². The van der Waals surface area contributed by atoms with Crippen LogP contribution in [0.4, 0.5) is 18.0 Å². The van der Waals surface area contributed by atoms with E-state index in [2.05, 4.69) is 27.5 Å². The fourth-order valence-electron chi connectivity index (χ4n) is 2.79. The minimum Gasteiger partial charge on any atom is -0.357 e. The smallest absolute Gasteiger partial charge is 0.357 e. The summed E-state index contributed by atoms with van der Waals surface area (Å²) in [5, 5.41) is 6.40. The van der Waals surface area contributed by atoms with Crippen LogP contribution in [-0.2, 0) is 6.18 Å². The van der Waals surface area contributed by atoms with Crippen LogP contribution >= 0.6 is 0 Å². The molecule has 0 aromatic heterocycles. The Balaban J connectivity index is 1.93. The van der Waals surface area contributed by atoms with Gasteiger partial charge < -0.3 is 21.3 Å². The zero-order chi connectivity index (χ0) is 20.6. The third-order valence-corrected chi connectivity index (χ3v) is 4.23. The average Bonchev–Trinajstić information content (AvgIpc) is 2.65. The van der Waals surface area contributed by atoms with Gasteiger partial charge in [-0.05, 0) is 38.0 Å². The van der Waals surface area contributed by atoms with Crippen LogP contribution in [0.15, 0.2) is 29.3 Å². The molecule has 1 aromatic carbocycles. The molecule has 0 radical (unpaired) electrons. The topological polar surface area (TPSA) is 82.8 Å². The normalized spacial score (nSPS) is 15.6. The Morgan fingerprint density at radius 2 is 2.07 bits per heavy atom. The van der Waals surface area contributed by atoms with E-state index >= 15 is 0 Å². The van der Waals surface area contributed by atoms with Crippen molar-refractivity contribution in [3.8, 4) is 11.8 Å². The number of amides is 2. The highest BCUT2D eigenvalue weighted by Crippen LogP contribution is 2.29. The molecule has 1 saturated heterocycles. The third-order valence-electron chi connectivity index (χ3n) is 4.23. The number of benzene rings is 1. The highest BCUT2D eigenvalue weighted by Gasteiger charge is 2.30. The molecule has 0 spiro atoms. The molecule has 1 aromatic rings. The van der Waals surface area contributed by atoms with Gasteiger partial charge in [-0.2, -0.15) is 13.2 Å². The van der Waals surface area contributed by atoms with Crippen molar-refractivity contribution in [2.24, 2.45) is 10.7 Å². The molecule has 152 valence electrons. The van der Waals surface area contributed by atoms with Crippen molar-refractivity contribution < 1.29 is 18.0 Å². The number of primary amides is 1. The van der Waals surface area contributed by atoms with Crippen LogP contribution in [0.2, 0.25) is 0 Å². The second kappa shape index (κ2) is 9.88. The summed E-state index contributed by atoms with van der Waals surface area (Å²) in [5.74, 6) is 6.06. The van der Waals surface area contributed by atoms with Crippen molar-refractivity contribution in [3.63, 3.8) is 0 Å². The van der Waals surface area contributed by atoms with Gasteiger partial charge in [-0.25, -0.2) is 9.79 Å². The van der Waals surface area contributed by atoms with Crippen molar-refractivity contribution in [3.05, 3.63) is 35.4 Å². The number of carbonyl (C=O) groups is 1. The number of piperidine rings is 1. The molecule has 1 fully saturated rings. The molecular weight excluding hydrogens is 371 g/mol. The highest BCUT2D eigenvalue weighted by molar-refractivity contribution is 5.80. The minimum absolute atomic E-state index is 0.145. The van der Waals surface area contributed by atoms with Crippen LogP contribution in [-0.4, -0.2) is 49.1 Å². The second-order valence-electron chi connectivity index (χ2n) is 6.32. The Bertz CT molecular complexity index is 759. The summed E-state index contributed by atoms with van der Waals surface area (Å²) in [4.78, 5) is 17.1. The second-order valence-corrected chi connectivity index (χ2v) is 6.32. The van der Waals surface area contributed by atoms with Gasteiger partial charge in [-0.15, -0.1) is 0 Å². The average molecular weight is 395 g/mol. The van der Waals surface area contributed by atoms with Crippen molar-refractivity contribution in [1.82, 2.24) is 15.5 Å². The van der Waals surface area contributed by atoms with E-state index in [1.807, 2.05) is 6.92 Å². The molecular formula is C19H24F3N5O. The summed E-state index contributed by atoms with van der Waals surface area (Å²) < 4.78 is 38.2. The van der Waals surface area contributed by atoms with Crippen molar-refractivity contribution in [2.75, 3.05) is 26.2 Å². The van der Waals surface area contributed by atoms with E-state index in [4.69, 9.17) is 5.73 Å². The Labute approximate surface area is 162 Å². The Kier molecular flexibility index (Phi) is 7.55. The van der Waals surface area contributed by atoms with Gasteiger partial charge in [0.2, 0.25) is 0 Å². The van der Waals surface area contributed by atoms with Gasteiger partial charge in [0.05, 0.1) is 5.56 Å². The molecule has 1 aliphatic rings. The summed E-state index contributed by atoms with van der Waals surface area (Å²) in [5.41, 5.74) is 4.85. The highest BCUT2D eigenvalue weighted by atomic mass is 19.4. The van der Waals surface area contributed by atoms with Gasteiger partial charge in [-0.3, -0.25) is 0 Å². The number of rotatable bonds is 3. The summed E-state index contributed by atoms with van der Waals surface area (Å²) in [6.07, 6.45) is -2.88. The number of hydrogen-bond acceptors (Lipinski definition) is 2. The molecule has 28 heavy (non-hydrogen) atoms. The summed E-state index contributed by atoms with van der Waals surface area (Å²) in [6.45, 7) is 3.91. The molecule has 4 N–H and O–H groups in total. The third kappa shape index (κ3) is 6.68. The van der Waals surface area contributed by atoms with Crippen LogP contribution < -0.4 is 16.4 Å². The number of nitrogens with two attached hydrogens (primary N) is 1. The lowest BCUT2D eigenvalue weighted by molar-refractivity contribution is -0.137. The molecule has 9 heteroatoms. The minimum atomic E-state index is -4.39. The largest absolute Gasteiger partial charge is 0.416 e. The zero-order valence-electron chi connectivity index (χ0n) is 15.6. The van der Waals surface area contributed by atoms with E-state index in [1.54, 1.807) is 4.90 Å². The molecule has 0 bridgehead atoms. The summed E-state index contributed by atoms with van der Waals surface area (Å²) in [7, 11) is 0. The van der Waals surface area contributed by atoms with Crippen LogP contribution in [0.3, 0.4) is 0 Å². The van der Waals surface area contributed by atoms with Gasteiger partial charge in [0.1, 0.15) is 6.54 Å². The standard InChI is InChI=1S/C19H24F3N5O/c1-2-24-18(26-16-8-11-27(12-9-16)17(23)28)25-10-4-6-14-5-3-7-15(13-14)19(20,21)22/h3,5,7,13,16H,2,8-12H2,1H3,(H2,23,28)(H2,24,25,26). The predicted octanol–water partition coefficient (Wildman–Crippen LogP) is 2.16. The molecule has 0 aliphatic carbocycles. The maximum absolute atomic E-state index is 12.7. The number of aliphatic imine (C=N–C) groups is 1. The number of guanidine groups is 1. The van der Waals surface area contributed by atoms with E-state index in [9.17, 15) is 18.0 Å². The van der Waals surface area contributed by atoms with E-state index in [1.165, 1.54) is 12.1 Å². The number of halogens is 3. The van der Waals surface area contributed by atoms with Crippen LogP contribution in [0.1, 0.15) is 30.9 Å². The molecule has 0 unspecified atom stereocenters. The molecule has 2 rings (SSSR count). The molecule has 1 heterocycles. The van der Waals surface area contributed by atoms with Crippen molar-refractivity contribution >= 4 is 12.0 Å². The fraction of sp³-hybridized carbons (Fsp3) is 0.474. The number of likely N-dealkylation sites (tertiary alicyclic amines) is 1. The molecule has 0 atom stereocenters. The fourth-order valence-corrected chi connectivity index (χ4v) is 2.79. The first-order valence-corrected chi connectivity index (χ1v) is 9.05. The van der Waals surface area contributed by atoms with Gasteiger partial charge >= 0.3 is 12.2 Å². The van der Waals surface area contributed by atoms with E-state index < -0.39 is 17.8 Å². The monoisotopic (exact) mass is 395 g/mol. The maximum Gasteiger partial charge on any atom is 0.416 e. The lowest BCUT2D eigenvalue weighted by Gasteiger charge is -2.31. The summed E-state index contributed by atoms with van der Waals surface area (Å²) >= 11 is 0. The molecule has 0 saturated carbocycles. The predicted molar refractivity (Wildman–Crippen MR) is 102 cm³/mol. The van der Waals surface area contributed by atoms with Crippen molar-refractivity contribution in [2.45, 2.75) is 32.0 Å². The van der Waals surface area contributed by atoms with E-state index in [0.717, 1.165) is 25.0 Å². The van der Waals surface area contributed by atoms with Gasteiger partial charge in [0, 0.05) is 31.2 Å².